The largest absolute Gasteiger partial charge is 0.505 e. The maximum Gasteiger partial charge on any atom is 0.154 e. The maximum absolute atomic E-state index is 9.47. The lowest BCUT2D eigenvalue weighted by atomic mass is 10.3. The zero-order valence-corrected chi connectivity index (χ0v) is 10.7. The molecule has 0 amide bonds. The topological polar surface area (TPSA) is 29.5 Å². The van der Waals surface area contributed by atoms with Crippen LogP contribution in [-0.2, 0) is 0 Å². The minimum atomic E-state index is -0.251. The third-order valence-electron chi connectivity index (χ3n) is 2.07. The van der Waals surface area contributed by atoms with Crippen LogP contribution in [-0.4, -0.2) is 5.11 Å². The van der Waals surface area contributed by atoms with E-state index in [0.717, 1.165) is 0 Å². The molecule has 2 aromatic rings. The van der Waals surface area contributed by atoms with E-state index in [2.05, 4.69) is 0 Å². The fourth-order valence-corrected chi connectivity index (χ4v) is 1.87. The summed E-state index contributed by atoms with van der Waals surface area (Å²) >= 11 is 17.5. The SMILES string of the molecule is Oc1c(Cl)cc(Oc2ccccc2)c(Cl)c1Cl. The molecule has 88 valence electrons. The van der Waals surface area contributed by atoms with Crippen LogP contribution in [0.15, 0.2) is 36.4 Å². The van der Waals surface area contributed by atoms with E-state index in [4.69, 9.17) is 39.5 Å². The summed E-state index contributed by atoms with van der Waals surface area (Å²) in [7, 11) is 0. The first-order chi connectivity index (χ1) is 8.09. The summed E-state index contributed by atoms with van der Waals surface area (Å²) in [5, 5.41) is 9.66. The number of phenols is 1. The molecule has 0 radical (unpaired) electrons. The molecule has 0 aliphatic carbocycles. The van der Waals surface area contributed by atoms with E-state index in [1.54, 1.807) is 12.1 Å². The number of hydrogen-bond acceptors (Lipinski definition) is 2. The Morgan fingerprint density at radius 3 is 2.24 bits per heavy atom. The molecule has 0 aromatic heterocycles. The van der Waals surface area contributed by atoms with Crippen molar-refractivity contribution in [1.29, 1.82) is 0 Å². The number of halogens is 3. The molecule has 0 aliphatic heterocycles. The van der Waals surface area contributed by atoms with Crippen LogP contribution in [0.1, 0.15) is 0 Å². The minimum absolute atomic E-state index is 0.0231. The highest BCUT2D eigenvalue weighted by Gasteiger charge is 2.15. The van der Waals surface area contributed by atoms with E-state index in [1.165, 1.54) is 6.07 Å². The van der Waals surface area contributed by atoms with Gasteiger partial charge in [-0.25, -0.2) is 0 Å². The molecule has 0 atom stereocenters. The molecule has 0 aliphatic rings. The molecule has 1 N–H and O–H groups in total. The quantitative estimate of drug-likeness (QED) is 0.775. The van der Waals surface area contributed by atoms with Crippen molar-refractivity contribution in [3.8, 4) is 17.2 Å². The highest BCUT2D eigenvalue weighted by molar-refractivity contribution is 6.45. The van der Waals surface area contributed by atoms with Gasteiger partial charge in [0, 0.05) is 6.07 Å². The third-order valence-corrected chi connectivity index (χ3v) is 3.20. The van der Waals surface area contributed by atoms with E-state index in [1.807, 2.05) is 18.2 Å². The van der Waals surface area contributed by atoms with Crippen molar-refractivity contribution in [1.82, 2.24) is 0 Å². The van der Waals surface area contributed by atoms with Crippen LogP contribution in [0, 0.1) is 0 Å². The van der Waals surface area contributed by atoms with E-state index < -0.39 is 0 Å². The second kappa shape index (κ2) is 5.05. The van der Waals surface area contributed by atoms with Gasteiger partial charge < -0.3 is 9.84 Å². The summed E-state index contributed by atoms with van der Waals surface area (Å²) in [5.74, 6) is 0.650. The Kier molecular flexibility index (Phi) is 3.67. The zero-order chi connectivity index (χ0) is 12.4. The summed E-state index contributed by atoms with van der Waals surface area (Å²) < 4.78 is 5.51. The van der Waals surface area contributed by atoms with Crippen molar-refractivity contribution in [2.24, 2.45) is 0 Å². The lowest BCUT2D eigenvalue weighted by molar-refractivity contribution is 0.465. The highest BCUT2D eigenvalue weighted by atomic mass is 35.5. The van der Waals surface area contributed by atoms with Crippen molar-refractivity contribution in [2.45, 2.75) is 0 Å². The van der Waals surface area contributed by atoms with Crippen LogP contribution in [0.25, 0.3) is 0 Å². The molecule has 5 heteroatoms. The van der Waals surface area contributed by atoms with Gasteiger partial charge in [0.1, 0.15) is 21.5 Å². The maximum atomic E-state index is 9.47. The number of hydrogen-bond donors (Lipinski definition) is 1. The average molecular weight is 290 g/mol. The van der Waals surface area contributed by atoms with Crippen LogP contribution in [0.3, 0.4) is 0 Å². The normalized spacial score (nSPS) is 10.3. The number of para-hydroxylation sites is 1. The Hall–Kier alpha value is -1.09. The fraction of sp³-hybridized carbons (Fsp3) is 0. The Balaban J connectivity index is 2.41. The standard InChI is InChI=1S/C12H7Cl3O2/c13-8-6-9(10(14)11(15)12(8)16)17-7-4-2-1-3-5-7/h1-6,16H. The van der Waals surface area contributed by atoms with E-state index >= 15 is 0 Å². The van der Waals surface area contributed by atoms with Gasteiger partial charge in [-0.05, 0) is 12.1 Å². The van der Waals surface area contributed by atoms with Crippen LogP contribution >= 0.6 is 34.8 Å². The monoisotopic (exact) mass is 288 g/mol. The van der Waals surface area contributed by atoms with Crippen LogP contribution in [0.2, 0.25) is 15.1 Å². The van der Waals surface area contributed by atoms with Gasteiger partial charge in [-0.1, -0.05) is 53.0 Å². The highest BCUT2D eigenvalue weighted by Crippen LogP contribution is 2.44. The van der Waals surface area contributed by atoms with Crippen molar-refractivity contribution in [2.75, 3.05) is 0 Å². The Bertz CT molecular complexity index is 541. The number of ether oxygens (including phenoxy) is 1. The molecular weight excluding hydrogens is 282 g/mol. The molecular formula is C12H7Cl3O2. The Morgan fingerprint density at radius 1 is 0.941 bits per heavy atom. The molecule has 0 fully saturated rings. The predicted octanol–water partition coefficient (Wildman–Crippen LogP) is 5.14. The summed E-state index contributed by atoms with van der Waals surface area (Å²) in [5.41, 5.74) is 0. The van der Waals surface area contributed by atoms with Gasteiger partial charge in [0.2, 0.25) is 0 Å². The van der Waals surface area contributed by atoms with E-state index in [9.17, 15) is 5.11 Å². The molecule has 0 bridgehead atoms. The van der Waals surface area contributed by atoms with Crippen molar-refractivity contribution in [3.05, 3.63) is 51.5 Å². The molecule has 0 unspecified atom stereocenters. The summed E-state index contributed by atoms with van der Waals surface area (Å²) in [6, 6.07) is 10.5. The second-order valence-electron chi connectivity index (χ2n) is 3.25. The first-order valence-electron chi connectivity index (χ1n) is 4.69. The fourth-order valence-electron chi connectivity index (χ4n) is 1.25. The predicted molar refractivity (Wildman–Crippen MR) is 69.7 cm³/mol. The van der Waals surface area contributed by atoms with Crippen LogP contribution < -0.4 is 4.74 Å². The number of benzene rings is 2. The molecule has 0 spiro atoms. The molecule has 0 saturated carbocycles. The van der Waals surface area contributed by atoms with Crippen molar-refractivity contribution in [3.63, 3.8) is 0 Å². The van der Waals surface area contributed by atoms with Gasteiger partial charge in [-0.3, -0.25) is 0 Å². The Morgan fingerprint density at radius 2 is 1.59 bits per heavy atom. The molecule has 2 aromatic carbocycles. The third kappa shape index (κ3) is 2.60. The molecule has 2 rings (SSSR count). The van der Waals surface area contributed by atoms with E-state index in [-0.39, 0.29) is 20.8 Å². The number of rotatable bonds is 2. The minimum Gasteiger partial charge on any atom is -0.505 e. The average Bonchev–Trinajstić information content (AvgIpc) is 2.35. The summed E-state index contributed by atoms with van der Waals surface area (Å²) in [6.45, 7) is 0. The van der Waals surface area contributed by atoms with Gasteiger partial charge in [-0.15, -0.1) is 0 Å². The van der Waals surface area contributed by atoms with Gasteiger partial charge >= 0.3 is 0 Å². The zero-order valence-electron chi connectivity index (χ0n) is 8.45. The second-order valence-corrected chi connectivity index (χ2v) is 4.41. The Labute approximate surface area is 113 Å². The summed E-state index contributed by atoms with van der Waals surface area (Å²) in [6.07, 6.45) is 0. The van der Waals surface area contributed by atoms with Crippen LogP contribution in [0.5, 0.6) is 17.2 Å². The van der Waals surface area contributed by atoms with Gasteiger partial charge in [-0.2, -0.15) is 0 Å². The smallest absolute Gasteiger partial charge is 0.154 e. The molecule has 17 heavy (non-hydrogen) atoms. The number of aromatic hydroxyl groups is 1. The first-order valence-corrected chi connectivity index (χ1v) is 5.82. The van der Waals surface area contributed by atoms with Gasteiger partial charge in [0.25, 0.3) is 0 Å². The lowest BCUT2D eigenvalue weighted by Gasteiger charge is -2.10. The summed E-state index contributed by atoms with van der Waals surface area (Å²) in [4.78, 5) is 0. The van der Waals surface area contributed by atoms with Crippen molar-refractivity contribution >= 4 is 34.8 Å². The molecule has 2 nitrogen and oxygen atoms in total. The number of phenolic OH excluding ortho intramolecular Hbond substituents is 1. The van der Waals surface area contributed by atoms with Gasteiger partial charge in [0.05, 0.1) is 5.02 Å². The molecule has 0 saturated heterocycles. The van der Waals surface area contributed by atoms with Gasteiger partial charge in [0.15, 0.2) is 5.75 Å². The lowest BCUT2D eigenvalue weighted by Crippen LogP contribution is -1.86. The van der Waals surface area contributed by atoms with Crippen molar-refractivity contribution < 1.29 is 9.84 Å². The molecule has 0 heterocycles. The van der Waals surface area contributed by atoms with Crippen LogP contribution in [0.4, 0.5) is 0 Å². The first kappa shape index (κ1) is 12.4. The van der Waals surface area contributed by atoms with E-state index in [0.29, 0.717) is 11.5 Å².